The summed E-state index contributed by atoms with van der Waals surface area (Å²) in [5.74, 6) is 0.781. The number of carbonyl (C=O) groups is 1. The molecule has 7 nitrogen and oxygen atoms in total. The molecule has 0 saturated carbocycles. The maximum absolute atomic E-state index is 12.8. The minimum atomic E-state index is -0.373. The Labute approximate surface area is 207 Å². The van der Waals surface area contributed by atoms with Gasteiger partial charge in [0, 0.05) is 22.3 Å². The van der Waals surface area contributed by atoms with E-state index in [4.69, 9.17) is 16.3 Å². The van der Waals surface area contributed by atoms with E-state index in [0.717, 1.165) is 28.1 Å². The molecule has 2 heterocycles. The van der Waals surface area contributed by atoms with Crippen LogP contribution in [0.3, 0.4) is 0 Å². The number of hydrogen-bond acceptors (Lipinski definition) is 5. The molecular formula is C27H22ClN5O2. The summed E-state index contributed by atoms with van der Waals surface area (Å²) in [7, 11) is 0. The zero-order valence-electron chi connectivity index (χ0n) is 19.0. The normalized spacial score (nSPS) is 10.9. The fraction of sp³-hybridized carbons (Fsp3) is 0.111. The van der Waals surface area contributed by atoms with Crippen molar-refractivity contribution in [3.63, 3.8) is 0 Å². The van der Waals surface area contributed by atoms with Crippen LogP contribution in [-0.2, 0) is 13.2 Å². The van der Waals surface area contributed by atoms with Gasteiger partial charge < -0.3 is 10.1 Å². The van der Waals surface area contributed by atoms with Crippen LogP contribution in [0.15, 0.2) is 85.1 Å². The van der Waals surface area contributed by atoms with Crippen molar-refractivity contribution in [2.75, 3.05) is 5.32 Å². The average Bonchev–Trinajstić information content (AvgIpc) is 3.22. The molecule has 0 aliphatic carbocycles. The summed E-state index contributed by atoms with van der Waals surface area (Å²) in [5, 5.41) is 7.98. The molecule has 0 fully saturated rings. The van der Waals surface area contributed by atoms with Crippen LogP contribution in [0.1, 0.15) is 27.3 Å². The number of carbonyl (C=O) groups excluding carboxylic acids is 1. The van der Waals surface area contributed by atoms with Crippen molar-refractivity contribution in [1.82, 2.24) is 19.7 Å². The summed E-state index contributed by atoms with van der Waals surface area (Å²) < 4.78 is 7.86. The Balaban J connectivity index is 1.32. The lowest BCUT2D eigenvalue weighted by molar-refractivity contribution is 0.102. The highest BCUT2D eigenvalue weighted by atomic mass is 35.5. The Kier molecular flexibility index (Phi) is 6.41. The molecule has 174 valence electrons. The van der Waals surface area contributed by atoms with Crippen molar-refractivity contribution < 1.29 is 9.53 Å². The largest absolute Gasteiger partial charge is 0.489 e. The molecule has 0 atom stereocenters. The predicted molar refractivity (Wildman–Crippen MR) is 136 cm³/mol. The van der Waals surface area contributed by atoms with Crippen molar-refractivity contribution in [3.05, 3.63) is 113 Å². The molecule has 0 bridgehead atoms. The molecule has 3 aromatic carbocycles. The molecule has 0 aliphatic heterocycles. The second-order valence-electron chi connectivity index (χ2n) is 8.05. The number of halogens is 1. The van der Waals surface area contributed by atoms with Crippen LogP contribution in [0, 0.1) is 6.92 Å². The molecule has 5 rings (SSSR count). The fourth-order valence-corrected chi connectivity index (χ4v) is 3.88. The van der Waals surface area contributed by atoms with Gasteiger partial charge >= 0.3 is 0 Å². The number of fused-ring (bicyclic) bond motifs is 1. The zero-order valence-corrected chi connectivity index (χ0v) is 19.7. The van der Waals surface area contributed by atoms with Crippen molar-refractivity contribution >= 4 is 34.4 Å². The van der Waals surface area contributed by atoms with Gasteiger partial charge in [-0.2, -0.15) is 5.10 Å². The van der Waals surface area contributed by atoms with Crippen LogP contribution >= 0.6 is 11.6 Å². The number of aromatic nitrogens is 4. The van der Waals surface area contributed by atoms with Crippen LogP contribution in [0.5, 0.6) is 5.75 Å². The minimum Gasteiger partial charge on any atom is -0.489 e. The van der Waals surface area contributed by atoms with Crippen molar-refractivity contribution in [3.8, 4) is 5.75 Å². The number of benzene rings is 3. The van der Waals surface area contributed by atoms with E-state index in [-0.39, 0.29) is 11.6 Å². The highest BCUT2D eigenvalue weighted by Crippen LogP contribution is 2.26. The molecular weight excluding hydrogens is 462 g/mol. The lowest BCUT2D eigenvalue weighted by atomic mass is 10.2. The monoisotopic (exact) mass is 483 g/mol. The molecule has 8 heteroatoms. The summed E-state index contributed by atoms with van der Waals surface area (Å²) in [4.78, 5) is 21.5. The van der Waals surface area contributed by atoms with E-state index in [1.807, 2.05) is 73.7 Å². The van der Waals surface area contributed by atoms with E-state index in [1.54, 1.807) is 16.8 Å². The Hall–Kier alpha value is -4.23. The van der Waals surface area contributed by atoms with Crippen LogP contribution < -0.4 is 10.1 Å². The van der Waals surface area contributed by atoms with Gasteiger partial charge in [-0.25, -0.2) is 4.98 Å². The fourth-order valence-electron chi connectivity index (χ4n) is 3.69. The van der Waals surface area contributed by atoms with E-state index in [1.165, 1.54) is 6.20 Å². The van der Waals surface area contributed by atoms with Gasteiger partial charge in [0.05, 0.1) is 23.8 Å². The number of aryl methyl sites for hydroxylation is 1. The zero-order chi connectivity index (χ0) is 24.2. The number of amides is 1. The number of nitrogens with zero attached hydrogens (tertiary/aromatic N) is 4. The molecule has 0 saturated heterocycles. The summed E-state index contributed by atoms with van der Waals surface area (Å²) in [6.07, 6.45) is 1.46. The lowest BCUT2D eigenvalue weighted by Gasteiger charge is -2.13. The molecule has 0 aliphatic rings. The Bertz CT molecular complexity index is 1500. The minimum absolute atomic E-state index is 0.224. The number of ether oxygens (including phenoxy) is 1. The summed E-state index contributed by atoms with van der Waals surface area (Å²) in [6, 6.07) is 24.7. The molecule has 35 heavy (non-hydrogen) atoms. The maximum Gasteiger partial charge on any atom is 0.277 e. The van der Waals surface area contributed by atoms with E-state index in [2.05, 4.69) is 20.4 Å². The van der Waals surface area contributed by atoms with E-state index in [9.17, 15) is 4.79 Å². The second kappa shape index (κ2) is 9.95. The third-order valence-corrected chi connectivity index (χ3v) is 5.72. The van der Waals surface area contributed by atoms with E-state index >= 15 is 0 Å². The van der Waals surface area contributed by atoms with E-state index < -0.39 is 0 Å². The first-order chi connectivity index (χ1) is 17.0. The van der Waals surface area contributed by atoms with Crippen LogP contribution in [-0.4, -0.2) is 25.7 Å². The SMILES string of the molecule is Cc1cc(NC(=O)c2cnc3ccccc3n2)nn1Cc1cc(Cl)ccc1OCc1ccccc1. The standard InChI is InChI=1S/C27H22ClN5O2/c1-18-13-26(31-27(34)24-15-29-22-9-5-6-10-23(22)30-24)32-33(18)16-20-14-21(28)11-12-25(20)35-17-19-7-3-2-4-8-19/h2-15H,16-17H2,1H3,(H,31,32,34). The number of para-hydroxylation sites is 2. The smallest absolute Gasteiger partial charge is 0.277 e. The summed E-state index contributed by atoms with van der Waals surface area (Å²) >= 11 is 6.27. The van der Waals surface area contributed by atoms with Gasteiger partial charge in [-0.15, -0.1) is 0 Å². The highest BCUT2D eigenvalue weighted by Gasteiger charge is 2.14. The van der Waals surface area contributed by atoms with Crippen LogP contribution in [0.4, 0.5) is 5.82 Å². The summed E-state index contributed by atoms with van der Waals surface area (Å²) in [6.45, 7) is 2.80. The molecule has 5 aromatic rings. The Morgan fingerprint density at radius 2 is 1.77 bits per heavy atom. The maximum atomic E-state index is 12.8. The van der Waals surface area contributed by atoms with Gasteiger partial charge in [-0.1, -0.05) is 54.1 Å². The average molecular weight is 484 g/mol. The Morgan fingerprint density at radius 3 is 2.60 bits per heavy atom. The van der Waals surface area contributed by atoms with Gasteiger partial charge in [0.2, 0.25) is 0 Å². The molecule has 2 aromatic heterocycles. The van der Waals surface area contributed by atoms with Gasteiger partial charge in [0.1, 0.15) is 18.1 Å². The second-order valence-corrected chi connectivity index (χ2v) is 8.49. The first-order valence-electron chi connectivity index (χ1n) is 11.1. The predicted octanol–water partition coefficient (Wildman–Crippen LogP) is 5.67. The summed E-state index contributed by atoms with van der Waals surface area (Å²) in [5.41, 5.74) is 4.45. The first kappa shape index (κ1) is 22.6. The van der Waals surface area contributed by atoms with E-state index in [0.29, 0.717) is 29.5 Å². The molecule has 0 unspecified atom stereocenters. The molecule has 0 radical (unpaired) electrons. The van der Waals surface area contributed by atoms with Gasteiger partial charge in [-0.3, -0.25) is 14.5 Å². The number of anilines is 1. The third-order valence-electron chi connectivity index (χ3n) is 5.48. The quantitative estimate of drug-likeness (QED) is 0.322. The molecule has 1 N–H and O–H groups in total. The van der Waals surface area contributed by atoms with Crippen LogP contribution in [0.2, 0.25) is 5.02 Å². The molecule has 0 spiro atoms. The first-order valence-corrected chi connectivity index (χ1v) is 11.5. The highest BCUT2D eigenvalue weighted by molar-refractivity contribution is 6.30. The lowest BCUT2D eigenvalue weighted by Crippen LogP contribution is -2.15. The third kappa shape index (κ3) is 5.31. The van der Waals surface area contributed by atoms with Crippen molar-refractivity contribution in [2.45, 2.75) is 20.1 Å². The number of nitrogens with one attached hydrogen (secondary N) is 1. The number of hydrogen-bond donors (Lipinski definition) is 1. The Morgan fingerprint density at radius 1 is 1.00 bits per heavy atom. The van der Waals surface area contributed by atoms with Gasteiger partial charge in [0.15, 0.2) is 5.82 Å². The topological polar surface area (TPSA) is 81.9 Å². The van der Waals surface area contributed by atoms with Gasteiger partial charge in [-0.05, 0) is 42.8 Å². The van der Waals surface area contributed by atoms with Gasteiger partial charge in [0.25, 0.3) is 5.91 Å². The van der Waals surface area contributed by atoms with Crippen LogP contribution in [0.25, 0.3) is 11.0 Å². The van der Waals surface area contributed by atoms with Crippen molar-refractivity contribution in [2.24, 2.45) is 0 Å². The van der Waals surface area contributed by atoms with Crippen molar-refractivity contribution in [1.29, 1.82) is 0 Å². The molecule has 1 amide bonds. The number of rotatable bonds is 7.